The van der Waals surface area contributed by atoms with Crippen LogP contribution in [0.4, 0.5) is 0 Å². The monoisotopic (exact) mass is 183 g/mol. The fourth-order valence-corrected chi connectivity index (χ4v) is 1.41. The second-order valence-electron chi connectivity index (χ2n) is 3.21. The summed E-state index contributed by atoms with van der Waals surface area (Å²) < 4.78 is 5.24. The molecule has 1 unspecified atom stereocenters. The van der Waals surface area contributed by atoms with E-state index in [0.29, 0.717) is 0 Å². The smallest absolute Gasteiger partial charge is 0.0962 e. The minimum absolute atomic E-state index is 0.0113. The number of nitrogens with one attached hydrogen (secondary N) is 1. The van der Waals surface area contributed by atoms with Gasteiger partial charge in [-0.15, -0.1) is 0 Å². The fourth-order valence-electron chi connectivity index (χ4n) is 1.41. The number of rotatable bonds is 4. The van der Waals surface area contributed by atoms with E-state index in [-0.39, 0.29) is 6.04 Å². The zero-order chi connectivity index (χ0) is 9.52. The van der Waals surface area contributed by atoms with E-state index in [0.717, 1.165) is 39.3 Å². The van der Waals surface area contributed by atoms with Gasteiger partial charge in [0, 0.05) is 19.6 Å². The first-order valence-electron chi connectivity index (χ1n) is 4.74. The van der Waals surface area contributed by atoms with Crippen molar-refractivity contribution in [1.29, 1.82) is 5.26 Å². The minimum Gasteiger partial charge on any atom is -0.379 e. The fraction of sp³-hybridized carbons (Fsp3) is 0.889. The highest BCUT2D eigenvalue weighted by Crippen LogP contribution is 1.99. The molecule has 1 fully saturated rings. The number of nitriles is 1. The lowest BCUT2D eigenvalue weighted by atomic mass is 10.2. The van der Waals surface area contributed by atoms with Crippen LogP contribution in [0, 0.1) is 11.3 Å². The van der Waals surface area contributed by atoms with Gasteiger partial charge in [0.15, 0.2) is 0 Å². The molecule has 4 heteroatoms. The van der Waals surface area contributed by atoms with Crippen LogP contribution in [0.1, 0.15) is 6.42 Å². The maximum absolute atomic E-state index is 8.70. The Balaban J connectivity index is 2.13. The van der Waals surface area contributed by atoms with Gasteiger partial charge in [0.2, 0.25) is 0 Å². The van der Waals surface area contributed by atoms with Gasteiger partial charge in [-0.3, -0.25) is 4.90 Å². The molecule has 13 heavy (non-hydrogen) atoms. The molecule has 74 valence electrons. The lowest BCUT2D eigenvalue weighted by Gasteiger charge is -2.27. The van der Waals surface area contributed by atoms with Crippen molar-refractivity contribution in [3.8, 4) is 6.07 Å². The van der Waals surface area contributed by atoms with E-state index in [2.05, 4.69) is 16.3 Å². The normalized spacial score (nSPS) is 20.9. The SMILES string of the molecule is CNC(C#N)CCN1CCOCC1. The Hall–Kier alpha value is -0.630. The lowest BCUT2D eigenvalue weighted by Crippen LogP contribution is -2.39. The molecule has 0 aliphatic carbocycles. The Labute approximate surface area is 79.5 Å². The third-order valence-electron chi connectivity index (χ3n) is 2.34. The Morgan fingerprint density at radius 1 is 1.54 bits per heavy atom. The number of nitrogens with zero attached hydrogens (tertiary/aromatic N) is 2. The van der Waals surface area contributed by atoms with Crippen molar-refractivity contribution in [2.45, 2.75) is 12.5 Å². The van der Waals surface area contributed by atoms with Crippen molar-refractivity contribution >= 4 is 0 Å². The zero-order valence-corrected chi connectivity index (χ0v) is 8.12. The average molecular weight is 183 g/mol. The van der Waals surface area contributed by atoms with Crippen LogP contribution in [-0.2, 0) is 4.74 Å². The summed E-state index contributed by atoms with van der Waals surface area (Å²) in [5, 5.41) is 11.7. The number of hydrogen-bond donors (Lipinski definition) is 1. The van der Waals surface area contributed by atoms with Gasteiger partial charge >= 0.3 is 0 Å². The summed E-state index contributed by atoms with van der Waals surface area (Å²) >= 11 is 0. The van der Waals surface area contributed by atoms with Gasteiger partial charge in [-0.25, -0.2) is 0 Å². The highest BCUT2D eigenvalue weighted by atomic mass is 16.5. The Kier molecular flexibility index (Phi) is 4.76. The third kappa shape index (κ3) is 3.73. The molecule has 1 aliphatic heterocycles. The largest absolute Gasteiger partial charge is 0.379 e. The van der Waals surface area contributed by atoms with Gasteiger partial charge in [0.1, 0.15) is 0 Å². The summed E-state index contributed by atoms with van der Waals surface area (Å²) in [6, 6.07) is 2.21. The van der Waals surface area contributed by atoms with Crippen LogP contribution in [0.5, 0.6) is 0 Å². The number of hydrogen-bond acceptors (Lipinski definition) is 4. The van der Waals surface area contributed by atoms with Crippen LogP contribution in [0.25, 0.3) is 0 Å². The maximum Gasteiger partial charge on any atom is 0.0962 e. The first-order chi connectivity index (χ1) is 6.36. The lowest BCUT2D eigenvalue weighted by molar-refractivity contribution is 0.0369. The molecule has 1 saturated heterocycles. The van der Waals surface area contributed by atoms with Gasteiger partial charge in [-0.2, -0.15) is 5.26 Å². The van der Waals surface area contributed by atoms with Gasteiger partial charge in [0.25, 0.3) is 0 Å². The van der Waals surface area contributed by atoms with Crippen LogP contribution < -0.4 is 5.32 Å². The van der Waals surface area contributed by atoms with Crippen molar-refractivity contribution in [2.24, 2.45) is 0 Å². The molecular weight excluding hydrogens is 166 g/mol. The molecule has 1 N–H and O–H groups in total. The predicted molar refractivity (Wildman–Crippen MR) is 50.3 cm³/mol. The first kappa shape index (κ1) is 10.5. The number of morpholine rings is 1. The summed E-state index contributed by atoms with van der Waals surface area (Å²) in [6.45, 7) is 4.65. The van der Waals surface area contributed by atoms with Crippen LogP contribution in [0.15, 0.2) is 0 Å². The van der Waals surface area contributed by atoms with Crippen LogP contribution in [0.3, 0.4) is 0 Å². The van der Waals surface area contributed by atoms with Gasteiger partial charge in [-0.1, -0.05) is 0 Å². The second kappa shape index (κ2) is 5.92. The highest BCUT2D eigenvalue weighted by molar-refractivity contribution is 4.89. The summed E-state index contributed by atoms with van der Waals surface area (Å²) in [4.78, 5) is 2.34. The summed E-state index contributed by atoms with van der Waals surface area (Å²) in [6.07, 6.45) is 0.896. The molecule has 4 nitrogen and oxygen atoms in total. The van der Waals surface area contributed by atoms with E-state index in [4.69, 9.17) is 10.00 Å². The van der Waals surface area contributed by atoms with Crippen LogP contribution >= 0.6 is 0 Å². The van der Waals surface area contributed by atoms with Crippen LogP contribution in [-0.4, -0.2) is 50.8 Å². The van der Waals surface area contributed by atoms with Crippen molar-refractivity contribution in [3.63, 3.8) is 0 Å². The standard InChI is InChI=1S/C9H17N3O/c1-11-9(8-10)2-3-12-4-6-13-7-5-12/h9,11H,2-7H2,1H3. The van der Waals surface area contributed by atoms with Gasteiger partial charge in [0.05, 0.1) is 25.3 Å². The molecule has 0 spiro atoms. The Morgan fingerprint density at radius 2 is 2.23 bits per heavy atom. The average Bonchev–Trinajstić information content (AvgIpc) is 2.21. The molecule has 1 atom stereocenters. The van der Waals surface area contributed by atoms with Gasteiger partial charge < -0.3 is 10.1 Å². The zero-order valence-electron chi connectivity index (χ0n) is 8.12. The van der Waals surface area contributed by atoms with E-state index in [9.17, 15) is 0 Å². The van der Waals surface area contributed by atoms with Crippen LogP contribution in [0.2, 0.25) is 0 Å². The maximum atomic E-state index is 8.70. The van der Waals surface area contributed by atoms with E-state index < -0.39 is 0 Å². The molecule has 0 aromatic carbocycles. The molecule has 0 amide bonds. The van der Waals surface area contributed by atoms with E-state index in [1.54, 1.807) is 0 Å². The van der Waals surface area contributed by atoms with Crippen molar-refractivity contribution in [1.82, 2.24) is 10.2 Å². The summed E-state index contributed by atoms with van der Waals surface area (Å²) in [7, 11) is 1.83. The molecule has 0 aromatic rings. The predicted octanol–water partition coefficient (Wildman–Crippen LogP) is -0.180. The van der Waals surface area contributed by atoms with Gasteiger partial charge in [-0.05, 0) is 13.5 Å². The molecular formula is C9H17N3O. The molecule has 1 rings (SSSR count). The minimum atomic E-state index is -0.0113. The summed E-state index contributed by atoms with van der Waals surface area (Å²) in [5.41, 5.74) is 0. The Bertz CT molecular complexity index is 172. The van der Waals surface area contributed by atoms with Crippen molar-refractivity contribution < 1.29 is 4.74 Å². The molecule has 1 aliphatic rings. The first-order valence-corrected chi connectivity index (χ1v) is 4.74. The van der Waals surface area contributed by atoms with E-state index in [1.165, 1.54) is 0 Å². The molecule has 0 bridgehead atoms. The van der Waals surface area contributed by atoms with Crippen molar-refractivity contribution in [3.05, 3.63) is 0 Å². The highest BCUT2D eigenvalue weighted by Gasteiger charge is 2.12. The molecule has 0 radical (unpaired) electrons. The Morgan fingerprint density at radius 3 is 2.77 bits per heavy atom. The van der Waals surface area contributed by atoms with E-state index in [1.807, 2.05) is 7.05 Å². The topological polar surface area (TPSA) is 48.3 Å². The second-order valence-corrected chi connectivity index (χ2v) is 3.21. The molecule has 0 saturated carbocycles. The van der Waals surface area contributed by atoms with E-state index >= 15 is 0 Å². The third-order valence-corrected chi connectivity index (χ3v) is 2.34. The molecule has 1 heterocycles. The summed E-state index contributed by atoms with van der Waals surface area (Å²) in [5.74, 6) is 0. The quantitative estimate of drug-likeness (QED) is 0.657. The molecule has 0 aromatic heterocycles. The number of ether oxygens (including phenoxy) is 1. The van der Waals surface area contributed by atoms with Crippen molar-refractivity contribution in [2.75, 3.05) is 39.9 Å².